The topological polar surface area (TPSA) is 88.3 Å². The maximum atomic E-state index is 12.6. The van der Waals surface area contributed by atoms with Gasteiger partial charge in [-0.1, -0.05) is 23.9 Å². The molecule has 0 fully saturated rings. The molecule has 1 aromatic carbocycles. The number of furan rings is 1. The van der Waals surface area contributed by atoms with Gasteiger partial charge in [-0.2, -0.15) is 0 Å². The molecule has 0 unspecified atom stereocenters. The van der Waals surface area contributed by atoms with E-state index in [2.05, 4.69) is 14.9 Å². The molecule has 0 radical (unpaired) electrons. The molecule has 2 amide bonds. The number of rotatable bonds is 5. The molecule has 0 saturated carbocycles. The van der Waals surface area contributed by atoms with E-state index in [9.17, 15) is 9.59 Å². The number of fused-ring (bicyclic) bond motifs is 1. The van der Waals surface area contributed by atoms with E-state index in [1.54, 1.807) is 17.0 Å². The molecule has 0 bridgehead atoms. The monoisotopic (exact) mass is 396 g/mol. The number of hydrogen-bond acceptors (Lipinski definition) is 6. The third kappa shape index (κ3) is 3.68. The van der Waals surface area contributed by atoms with Gasteiger partial charge in [0.15, 0.2) is 5.76 Å². The summed E-state index contributed by atoms with van der Waals surface area (Å²) in [6, 6.07) is 9.22. The number of amides is 2. The van der Waals surface area contributed by atoms with Gasteiger partial charge < -0.3 is 14.6 Å². The van der Waals surface area contributed by atoms with Gasteiger partial charge >= 0.3 is 0 Å². The number of hydrogen-bond donors (Lipinski definition) is 1. The summed E-state index contributed by atoms with van der Waals surface area (Å²) in [7, 11) is 0. The van der Waals surface area contributed by atoms with Crippen LogP contribution >= 0.6 is 11.5 Å². The summed E-state index contributed by atoms with van der Waals surface area (Å²) in [5.74, 6) is 0.0248. The van der Waals surface area contributed by atoms with Gasteiger partial charge in [0, 0.05) is 18.8 Å². The fraction of sp³-hybridized carbons (Fsp3) is 0.300. The lowest BCUT2D eigenvalue weighted by Gasteiger charge is -2.28. The van der Waals surface area contributed by atoms with Crippen molar-refractivity contribution in [2.75, 3.05) is 11.9 Å². The predicted molar refractivity (Wildman–Crippen MR) is 105 cm³/mol. The van der Waals surface area contributed by atoms with Crippen LogP contribution in [0, 0.1) is 0 Å². The molecule has 3 aromatic rings. The van der Waals surface area contributed by atoms with E-state index in [4.69, 9.17) is 4.42 Å². The summed E-state index contributed by atoms with van der Waals surface area (Å²) >= 11 is 1.11. The molecule has 1 N–H and O–H groups in total. The quantitative estimate of drug-likeness (QED) is 0.713. The SMILES string of the molecule is CCCc1nnsc1C(=O)Nc1ccc2c(c1)CN(C(=O)c1ccco1)CC2. The summed E-state index contributed by atoms with van der Waals surface area (Å²) in [5, 5.41) is 6.98. The van der Waals surface area contributed by atoms with E-state index in [1.165, 1.54) is 11.8 Å². The van der Waals surface area contributed by atoms with E-state index >= 15 is 0 Å². The minimum Gasteiger partial charge on any atom is -0.459 e. The maximum absolute atomic E-state index is 12.6. The third-order valence-electron chi connectivity index (χ3n) is 4.74. The highest BCUT2D eigenvalue weighted by Gasteiger charge is 2.24. The molecule has 8 heteroatoms. The highest BCUT2D eigenvalue weighted by Crippen LogP contribution is 2.25. The number of nitrogens with one attached hydrogen (secondary N) is 1. The Kier molecular flexibility index (Phi) is 5.21. The highest BCUT2D eigenvalue weighted by molar-refractivity contribution is 7.08. The first-order chi connectivity index (χ1) is 13.7. The van der Waals surface area contributed by atoms with Crippen molar-refractivity contribution in [3.05, 3.63) is 64.1 Å². The summed E-state index contributed by atoms with van der Waals surface area (Å²) in [4.78, 5) is 27.5. The zero-order valence-corrected chi connectivity index (χ0v) is 16.3. The molecular weight excluding hydrogens is 376 g/mol. The molecule has 1 aliphatic rings. The average molecular weight is 396 g/mol. The van der Waals surface area contributed by atoms with Crippen LogP contribution in [0.5, 0.6) is 0 Å². The number of benzene rings is 1. The molecule has 0 spiro atoms. The molecule has 144 valence electrons. The normalized spacial score (nSPS) is 13.2. The minimum atomic E-state index is -0.197. The summed E-state index contributed by atoms with van der Waals surface area (Å²) < 4.78 is 9.13. The van der Waals surface area contributed by atoms with Gasteiger partial charge in [-0.25, -0.2) is 0 Å². The van der Waals surface area contributed by atoms with Crippen molar-refractivity contribution in [3.63, 3.8) is 0 Å². The molecule has 0 atom stereocenters. The molecule has 7 nitrogen and oxygen atoms in total. The molecule has 28 heavy (non-hydrogen) atoms. The van der Waals surface area contributed by atoms with Crippen molar-refractivity contribution in [2.24, 2.45) is 0 Å². The summed E-state index contributed by atoms with van der Waals surface area (Å²) in [6.45, 7) is 3.17. The van der Waals surface area contributed by atoms with Gasteiger partial charge in [-0.3, -0.25) is 9.59 Å². The Balaban J connectivity index is 1.49. The molecule has 3 heterocycles. The fourth-order valence-electron chi connectivity index (χ4n) is 3.33. The van der Waals surface area contributed by atoms with Crippen LogP contribution in [0.3, 0.4) is 0 Å². The summed E-state index contributed by atoms with van der Waals surface area (Å²) in [6.07, 6.45) is 3.91. The number of anilines is 1. The second-order valence-corrected chi connectivity index (χ2v) is 7.44. The standard InChI is InChI=1S/C20H20N4O3S/c1-2-4-16-18(28-23-22-16)19(25)21-15-7-6-13-8-9-24(12-14(13)11-15)20(26)17-5-3-10-27-17/h3,5-7,10-11H,2,4,8-9,12H2,1H3,(H,21,25). The minimum absolute atomic E-state index is 0.120. The number of nitrogens with zero attached hydrogens (tertiary/aromatic N) is 3. The largest absolute Gasteiger partial charge is 0.459 e. The first-order valence-corrected chi connectivity index (χ1v) is 10.00. The van der Waals surface area contributed by atoms with Gasteiger partial charge in [0.1, 0.15) is 4.88 Å². The lowest BCUT2D eigenvalue weighted by atomic mass is 9.98. The van der Waals surface area contributed by atoms with Crippen molar-refractivity contribution in [3.8, 4) is 0 Å². The van der Waals surface area contributed by atoms with E-state index < -0.39 is 0 Å². The Hall–Kier alpha value is -3.00. The molecule has 0 aliphatic carbocycles. The maximum Gasteiger partial charge on any atom is 0.289 e. The first-order valence-electron chi connectivity index (χ1n) is 9.23. The van der Waals surface area contributed by atoms with Gasteiger partial charge in [0.2, 0.25) is 0 Å². The fourth-order valence-corrected chi connectivity index (χ4v) is 3.94. The number of aromatic nitrogens is 2. The van der Waals surface area contributed by atoms with Gasteiger partial charge in [0.05, 0.1) is 12.0 Å². The molecule has 1 aliphatic heterocycles. The van der Waals surface area contributed by atoms with Crippen molar-refractivity contribution in [1.82, 2.24) is 14.5 Å². The van der Waals surface area contributed by atoms with Gasteiger partial charge in [0.25, 0.3) is 11.8 Å². The van der Waals surface area contributed by atoms with Crippen LogP contribution < -0.4 is 5.32 Å². The van der Waals surface area contributed by atoms with Crippen molar-refractivity contribution < 1.29 is 14.0 Å². The first kappa shape index (κ1) is 18.4. The molecule has 2 aromatic heterocycles. The average Bonchev–Trinajstić information content (AvgIpc) is 3.39. The Morgan fingerprint density at radius 3 is 2.96 bits per heavy atom. The predicted octanol–water partition coefficient (Wildman–Crippen LogP) is 3.53. The van der Waals surface area contributed by atoms with Crippen LogP contribution in [-0.4, -0.2) is 32.8 Å². The smallest absolute Gasteiger partial charge is 0.289 e. The second kappa shape index (κ2) is 7.93. The van der Waals surface area contributed by atoms with Crippen LogP contribution in [0.1, 0.15) is 50.4 Å². The van der Waals surface area contributed by atoms with Crippen LogP contribution in [0.25, 0.3) is 0 Å². The molecule has 0 saturated heterocycles. The lowest BCUT2D eigenvalue weighted by molar-refractivity contribution is 0.0702. The van der Waals surface area contributed by atoms with Crippen molar-refractivity contribution in [2.45, 2.75) is 32.7 Å². The van der Waals surface area contributed by atoms with Crippen LogP contribution in [0.4, 0.5) is 5.69 Å². The Morgan fingerprint density at radius 1 is 1.29 bits per heavy atom. The van der Waals surface area contributed by atoms with Crippen LogP contribution in [0.2, 0.25) is 0 Å². The third-order valence-corrected chi connectivity index (χ3v) is 5.51. The van der Waals surface area contributed by atoms with Gasteiger partial charge in [-0.05, 0) is 59.8 Å². The zero-order chi connectivity index (χ0) is 19.5. The Morgan fingerprint density at radius 2 is 2.18 bits per heavy atom. The number of carbonyl (C=O) groups excluding carboxylic acids is 2. The van der Waals surface area contributed by atoms with Crippen LogP contribution in [-0.2, 0) is 19.4 Å². The summed E-state index contributed by atoms with van der Waals surface area (Å²) in [5.41, 5.74) is 3.65. The van der Waals surface area contributed by atoms with Crippen LogP contribution in [0.15, 0.2) is 41.0 Å². The Bertz CT molecular complexity index is 997. The van der Waals surface area contributed by atoms with Gasteiger partial charge in [-0.15, -0.1) is 5.10 Å². The van der Waals surface area contributed by atoms with Crippen molar-refractivity contribution >= 4 is 29.0 Å². The van der Waals surface area contributed by atoms with E-state index in [0.29, 0.717) is 29.4 Å². The van der Waals surface area contributed by atoms with E-state index in [0.717, 1.165) is 42.1 Å². The number of carbonyl (C=O) groups is 2. The van der Waals surface area contributed by atoms with E-state index in [1.807, 2.05) is 25.1 Å². The highest BCUT2D eigenvalue weighted by atomic mass is 32.1. The lowest BCUT2D eigenvalue weighted by Crippen LogP contribution is -2.35. The molecular formula is C20H20N4O3S. The Labute approximate surface area is 166 Å². The number of aryl methyl sites for hydroxylation is 1. The van der Waals surface area contributed by atoms with Crippen molar-refractivity contribution in [1.29, 1.82) is 0 Å². The zero-order valence-electron chi connectivity index (χ0n) is 15.5. The second-order valence-electron chi connectivity index (χ2n) is 6.69. The van der Waals surface area contributed by atoms with E-state index in [-0.39, 0.29) is 11.8 Å². The molecule has 4 rings (SSSR count).